The molecule has 0 atom stereocenters. The quantitative estimate of drug-likeness (QED) is 0.166. The summed E-state index contributed by atoms with van der Waals surface area (Å²) in [7, 11) is 0. The molecule has 53 heavy (non-hydrogen) atoms. The van der Waals surface area contributed by atoms with Gasteiger partial charge < -0.3 is 0 Å². The molecule has 3 heteroatoms. The summed E-state index contributed by atoms with van der Waals surface area (Å²) in [6.07, 6.45) is 4.38. The van der Waals surface area contributed by atoms with E-state index in [0.717, 1.165) is 18.7 Å². The highest BCUT2D eigenvalue weighted by atomic mass is 15.1. The highest BCUT2D eigenvalue weighted by Gasteiger charge is 2.54. The Morgan fingerprint density at radius 2 is 1.11 bits per heavy atom. The number of aromatic nitrogens is 2. The normalized spacial score (nSPS) is 19.9. The van der Waals surface area contributed by atoms with Crippen LogP contribution in [0, 0.1) is 0 Å². The van der Waals surface area contributed by atoms with E-state index in [9.17, 15) is 0 Å². The van der Waals surface area contributed by atoms with Gasteiger partial charge in [-0.3, -0.25) is 4.57 Å². The summed E-state index contributed by atoms with van der Waals surface area (Å²) < 4.78 is 2.62. The molecule has 11 rings (SSSR count). The lowest BCUT2D eigenvalue weighted by Crippen LogP contribution is -2.65. The average molecular weight is 687 g/mol. The van der Waals surface area contributed by atoms with E-state index in [1.54, 1.807) is 11.1 Å². The van der Waals surface area contributed by atoms with Gasteiger partial charge in [0.15, 0.2) is 0 Å². The maximum Gasteiger partial charge on any atom is 0.249 e. The fourth-order valence-electron chi connectivity index (χ4n) is 13.0. The van der Waals surface area contributed by atoms with Crippen molar-refractivity contribution in [2.75, 3.05) is 0 Å². The Labute approximate surface area is 314 Å². The fraction of sp³-hybridized carbons (Fsp3) is 0.300. The lowest BCUT2D eigenvalue weighted by Gasteiger charge is -2.46. The Balaban J connectivity index is 1.40. The van der Waals surface area contributed by atoms with Crippen LogP contribution in [-0.2, 0) is 27.1 Å². The minimum absolute atomic E-state index is 0.0350. The first-order chi connectivity index (χ1) is 25.3. The second-order valence-corrected chi connectivity index (χ2v) is 19.3. The Morgan fingerprint density at radius 3 is 1.77 bits per heavy atom. The van der Waals surface area contributed by atoms with Crippen LogP contribution in [0.4, 0.5) is 0 Å². The Hall–Kier alpha value is -4.89. The van der Waals surface area contributed by atoms with E-state index in [1.807, 2.05) is 0 Å². The summed E-state index contributed by atoms with van der Waals surface area (Å²) in [5, 5.41) is 2.96. The topological polar surface area (TPSA) is 17.8 Å². The Morgan fingerprint density at radius 1 is 0.528 bits per heavy atom. The minimum atomic E-state index is -0.506. The van der Waals surface area contributed by atoms with Crippen molar-refractivity contribution in [2.24, 2.45) is 0 Å². The zero-order valence-electron chi connectivity index (χ0n) is 32.4. The van der Waals surface area contributed by atoms with Gasteiger partial charge in [0.05, 0.1) is 16.4 Å². The maximum absolute atomic E-state index is 5.46. The zero-order chi connectivity index (χ0) is 36.4. The van der Waals surface area contributed by atoms with Crippen LogP contribution < -0.4 is 16.4 Å². The second kappa shape index (κ2) is 9.80. The monoisotopic (exact) mass is 686 g/mol. The van der Waals surface area contributed by atoms with Gasteiger partial charge in [-0.1, -0.05) is 158 Å². The molecule has 4 heterocycles. The lowest BCUT2D eigenvalue weighted by molar-refractivity contribution is 0.403. The van der Waals surface area contributed by atoms with Crippen LogP contribution >= 0.6 is 0 Å². The van der Waals surface area contributed by atoms with E-state index in [4.69, 9.17) is 4.98 Å². The third-order valence-corrected chi connectivity index (χ3v) is 14.1. The van der Waals surface area contributed by atoms with Gasteiger partial charge in [0, 0.05) is 17.0 Å². The van der Waals surface area contributed by atoms with E-state index in [2.05, 4.69) is 175 Å². The molecule has 260 valence electrons. The van der Waals surface area contributed by atoms with Gasteiger partial charge in [-0.15, -0.1) is 0 Å². The largest absolute Gasteiger partial charge is 0.295 e. The minimum Gasteiger partial charge on any atom is -0.295 e. The Bertz CT molecular complexity index is 2690. The van der Waals surface area contributed by atoms with Gasteiger partial charge in [-0.05, 0) is 102 Å². The number of pyridine rings is 1. The van der Waals surface area contributed by atoms with Crippen molar-refractivity contribution in [2.45, 2.75) is 95.3 Å². The first kappa shape index (κ1) is 31.6. The van der Waals surface area contributed by atoms with Crippen molar-refractivity contribution < 1.29 is 0 Å². The Kier molecular flexibility index (Phi) is 5.85. The molecule has 0 saturated heterocycles. The number of hydrogen-bond donors (Lipinski definition) is 0. The van der Waals surface area contributed by atoms with E-state index in [1.165, 1.54) is 71.6 Å². The molecule has 0 bridgehead atoms. The number of nitrogens with zero attached hydrogens (tertiary/aromatic N) is 2. The smallest absolute Gasteiger partial charge is 0.249 e. The summed E-state index contributed by atoms with van der Waals surface area (Å²) in [6.45, 7) is 19.9. The third kappa shape index (κ3) is 3.69. The van der Waals surface area contributed by atoms with Gasteiger partial charge in [-0.25, -0.2) is 4.98 Å². The van der Waals surface area contributed by atoms with Crippen molar-refractivity contribution in [3.63, 3.8) is 0 Å². The molecule has 2 aromatic heterocycles. The summed E-state index contributed by atoms with van der Waals surface area (Å²) in [5.74, 6) is 1.09. The molecule has 4 aliphatic rings. The molecule has 0 unspecified atom stereocenters. The van der Waals surface area contributed by atoms with Crippen molar-refractivity contribution in [1.82, 2.24) is 9.55 Å². The van der Waals surface area contributed by atoms with E-state index < -0.39 is 5.41 Å². The highest BCUT2D eigenvalue weighted by Crippen LogP contribution is 2.58. The average Bonchev–Trinajstić information content (AvgIpc) is 3.64. The predicted molar refractivity (Wildman–Crippen MR) is 223 cm³/mol. The molecular weight excluding hydrogens is 639 g/mol. The van der Waals surface area contributed by atoms with Gasteiger partial charge in [0.2, 0.25) is 6.71 Å². The summed E-state index contributed by atoms with van der Waals surface area (Å²) in [5.41, 5.74) is 18.0. The molecule has 0 fully saturated rings. The number of fused-ring (bicyclic) bond motifs is 11. The highest BCUT2D eigenvalue weighted by molar-refractivity contribution is 6.99. The van der Waals surface area contributed by atoms with E-state index >= 15 is 0 Å². The second-order valence-electron chi connectivity index (χ2n) is 19.3. The van der Waals surface area contributed by atoms with Crippen molar-refractivity contribution in [3.05, 3.63) is 160 Å². The molecule has 0 radical (unpaired) electrons. The van der Waals surface area contributed by atoms with Crippen LogP contribution in [0.1, 0.15) is 113 Å². The molecule has 0 amide bonds. The van der Waals surface area contributed by atoms with Crippen molar-refractivity contribution >= 4 is 44.9 Å². The first-order valence-corrected chi connectivity index (χ1v) is 19.7. The molecular formula is C50H47BN2. The number of benzene rings is 5. The molecule has 5 aromatic carbocycles. The molecule has 2 nitrogen and oxygen atoms in total. The first-order valence-electron chi connectivity index (χ1n) is 19.7. The lowest BCUT2D eigenvalue weighted by atomic mass is 9.29. The molecule has 7 aromatic rings. The van der Waals surface area contributed by atoms with Crippen LogP contribution in [-0.4, -0.2) is 16.3 Å². The molecule has 0 saturated carbocycles. The molecule has 2 aliphatic heterocycles. The summed E-state index contributed by atoms with van der Waals surface area (Å²) in [6, 6.07) is 41.8. The predicted octanol–water partition coefficient (Wildman–Crippen LogP) is 9.62. The molecule has 2 aliphatic carbocycles. The maximum atomic E-state index is 5.46. The van der Waals surface area contributed by atoms with Crippen LogP contribution in [0.2, 0.25) is 0 Å². The zero-order valence-corrected chi connectivity index (χ0v) is 32.4. The summed E-state index contributed by atoms with van der Waals surface area (Å²) >= 11 is 0. The van der Waals surface area contributed by atoms with E-state index in [0.29, 0.717) is 0 Å². The van der Waals surface area contributed by atoms with Gasteiger partial charge in [-0.2, -0.15) is 0 Å². The van der Waals surface area contributed by atoms with Crippen LogP contribution in [0.3, 0.4) is 0 Å². The van der Waals surface area contributed by atoms with E-state index in [-0.39, 0.29) is 28.4 Å². The van der Waals surface area contributed by atoms with Gasteiger partial charge in [0.1, 0.15) is 5.82 Å². The van der Waals surface area contributed by atoms with Gasteiger partial charge in [0.25, 0.3) is 0 Å². The SMILES string of the molecule is CC1(C)CC(C)(C)c2c1ccc1c2c2c3c(cc4c2n1-c1nccc2c1B4c1ccccc1C2(c1ccccc1)c1ccccc1)C(C)(C)CC3(C)C. The van der Waals surface area contributed by atoms with Crippen molar-refractivity contribution in [3.8, 4) is 5.82 Å². The van der Waals surface area contributed by atoms with Crippen molar-refractivity contribution in [1.29, 1.82) is 0 Å². The summed E-state index contributed by atoms with van der Waals surface area (Å²) in [4.78, 5) is 5.46. The standard InChI is InChI=1S/C50H47BN2/c1-46(2)28-48(5,6)41-33(46)23-24-38-39(41)40-42-35(47(3,4)29-49(42,7)8)27-37-44(40)53(38)45-43-34(25-26-52-45)50(30-17-11-9-12-18-30,31-19-13-10-14-20-31)32-21-15-16-22-36(32)51(37)43/h9-27H,28-29H2,1-8H3. The number of hydrogen-bond acceptors (Lipinski definition) is 1. The number of rotatable bonds is 2. The van der Waals surface area contributed by atoms with Crippen LogP contribution in [0.15, 0.2) is 115 Å². The van der Waals surface area contributed by atoms with Crippen LogP contribution in [0.5, 0.6) is 0 Å². The van der Waals surface area contributed by atoms with Crippen LogP contribution in [0.25, 0.3) is 27.6 Å². The van der Waals surface area contributed by atoms with Gasteiger partial charge >= 0.3 is 0 Å². The fourth-order valence-corrected chi connectivity index (χ4v) is 13.0. The molecule has 0 N–H and O–H groups in total. The third-order valence-electron chi connectivity index (χ3n) is 14.1. The molecule has 0 spiro atoms.